The van der Waals surface area contributed by atoms with Gasteiger partial charge in [-0.2, -0.15) is 9.13 Å². The van der Waals surface area contributed by atoms with Crippen LogP contribution in [0.1, 0.15) is 82.5 Å². The van der Waals surface area contributed by atoms with Gasteiger partial charge in [0.2, 0.25) is 11.2 Å². The van der Waals surface area contributed by atoms with Gasteiger partial charge >= 0.3 is 11.4 Å². The minimum Gasteiger partial charge on any atom is -0.448 e. The molecule has 41 heavy (non-hydrogen) atoms. The topological polar surface area (TPSA) is 21.9 Å². The summed E-state index contributed by atoms with van der Waals surface area (Å²) in [5.41, 5.74) is 11.6. The van der Waals surface area contributed by atoms with E-state index in [2.05, 4.69) is 128 Å². The standard InChI is InChI=1S/C37H37N3O/c1-22(2)21-38-27-15-11-16-28-32(27)40-33-29(41-28)20-25-30(36(5,6)18-17-35(25,3)4)31(33)37(34(38)40)24-13-8-7-12-23(24)26-14-9-10-19-39(26)37/h7-16,19-20,22H,17-18,21H2,1-6H3/q+2. The largest absolute Gasteiger partial charge is 0.448 e. The molecule has 204 valence electrons. The zero-order chi connectivity index (χ0) is 28.1. The van der Waals surface area contributed by atoms with Crippen LogP contribution in [0, 0.1) is 5.92 Å². The number of fused-ring (bicyclic) bond motifs is 9. The Bertz CT molecular complexity index is 1940. The first kappa shape index (κ1) is 23.8. The average Bonchev–Trinajstić information content (AvgIpc) is 3.54. The first-order valence-corrected chi connectivity index (χ1v) is 15.3. The van der Waals surface area contributed by atoms with E-state index in [0.29, 0.717) is 5.92 Å². The van der Waals surface area contributed by atoms with Crippen LogP contribution in [0.2, 0.25) is 0 Å². The first-order valence-electron chi connectivity index (χ1n) is 15.3. The molecule has 0 saturated heterocycles. The lowest BCUT2D eigenvalue weighted by Crippen LogP contribution is -2.58. The fraction of sp³-hybridized carbons (Fsp3) is 0.351. The van der Waals surface area contributed by atoms with Crippen molar-refractivity contribution in [1.29, 1.82) is 0 Å². The van der Waals surface area contributed by atoms with Gasteiger partial charge in [-0.3, -0.25) is 0 Å². The molecule has 3 aliphatic heterocycles. The molecule has 0 bridgehead atoms. The maximum absolute atomic E-state index is 6.94. The third-order valence-corrected chi connectivity index (χ3v) is 10.5. The molecule has 0 N–H and O–H groups in total. The molecule has 9 rings (SSSR count). The molecule has 4 heteroatoms. The molecule has 0 amide bonds. The summed E-state index contributed by atoms with van der Waals surface area (Å²) in [7, 11) is 0. The fourth-order valence-electron chi connectivity index (χ4n) is 8.74. The van der Waals surface area contributed by atoms with E-state index in [-0.39, 0.29) is 10.8 Å². The van der Waals surface area contributed by atoms with Gasteiger partial charge in [0.15, 0.2) is 28.9 Å². The lowest BCUT2D eigenvalue weighted by Gasteiger charge is -2.43. The zero-order valence-electron chi connectivity index (χ0n) is 24.9. The normalized spacial score (nSPS) is 21.2. The van der Waals surface area contributed by atoms with Crippen LogP contribution < -0.4 is 13.9 Å². The van der Waals surface area contributed by atoms with E-state index in [1.54, 1.807) is 0 Å². The van der Waals surface area contributed by atoms with Crippen LogP contribution in [0.25, 0.3) is 28.0 Å². The van der Waals surface area contributed by atoms with Gasteiger partial charge in [-0.15, -0.1) is 0 Å². The van der Waals surface area contributed by atoms with E-state index in [9.17, 15) is 0 Å². The van der Waals surface area contributed by atoms with Gasteiger partial charge in [0.05, 0.1) is 23.2 Å². The van der Waals surface area contributed by atoms with Crippen molar-refractivity contribution in [3.8, 4) is 28.4 Å². The van der Waals surface area contributed by atoms with Gasteiger partial charge in [-0.1, -0.05) is 65.8 Å². The predicted molar refractivity (Wildman–Crippen MR) is 161 cm³/mol. The molecule has 5 heterocycles. The number of rotatable bonds is 2. The summed E-state index contributed by atoms with van der Waals surface area (Å²) in [5.74, 6) is 3.78. The van der Waals surface area contributed by atoms with Crippen molar-refractivity contribution < 1.29 is 13.9 Å². The third kappa shape index (κ3) is 2.59. The molecular weight excluding hydrogens is 502 g/mol. The number of hydrogen-bond donors (Lipinski definition) is 0. The van der Waals surface area contributed by atoms with Crippen molar-refractivity contribution in [1.82, 2.24) is 4.57 Å². The smallest absolute Gasteiger partial charge is 0.347 e. The summed E-state index contributed by atoms with van der Waals surface area (Å²) in [6.45, 7) is 15.4. The number of nitrogens with zero attached hydrogens (tertiary/aromatic N) is 3. The van der Waals surface area contributed by atoms with Crippen LogP contribution in [0.15, 0.2) is 72.9 Å². The number of aromatic nitrogens is 3. The molecule has 0 fully saturated rings. The minimum absolute atomic E-state index is 0.0260. The maximum atomic E-state index is 6.94. The Morgan fingerprint density at radius 2 is 1.61 bits per heavy atom. The highest BCUT2D eigenvalue weighted by atomic mass is 16.5. The Kier molecular flexibility index (Phi) is 4.22. The first-order chi connectivity index (χ1) is 19.7. The number of imidazole rings is 1. The summed E-state index contributed by atoms with van der Waals surface area (Å²) in [6, 6.07) is 24.9. The highest BCUT2D eigenvalue weighted by molar-refractivity contribution is 5.86. The fourth-order valence-corrected chi connectivity index (χ4v) is 8.74. The van der Waals surface area contributed by atoms with Crippen molar-refractivity contribution in [2.45, 2.75) is 77.3 Å². The second-order valence-corrected chi connectivity index (χ2v) is 14.4. The van der Waals surface area contributed by atoms with Gasteiger partial charge < -0.3 is 4.74 Å². The molecule has 0 radical (unpaired) electrons. The zero-order valence-corrected chi connectivity index (χ0v) is 24.9. The maximum Gasteiger partial charge on any atom is 0.347 e. The number of hydrogen-bond acceptors (Lipinski definition) is 1. The molecule has 2 aromatic heterocycles. The summed E-state index contributed by atoms with van der Waals surface area (Å²) < 4.78 is 14.8. The molecule has 1 unspecified atom stereocenters. The van der Waals surface area contributed by atoms with Crippen molar-refractivity contribution in [2.24, 2.45) is 5.92 Å². The second-order valence-electron chi connectivity index (χ2n) is 14.4. The van der Waals surface area contributed by atoms with E-state index in [0.717, 1.165) is 24.5 Å². The van der Waals surface area contributed by atoms with Gasteiger partial charge in [0, 0.05) is 12.1 Å². The Morgan fingerprint density at radius 3 is 2.44 bits per heavy atom. The van der Waals surface area contributed by atoms with E-state index < -0.39 is 5.54 Å². The lowest BCUT2D eigenvalue weighted by molar-refractivity contribution is -0.733. The highest BCUT2D eigenvalue weighted by Gasteiger charge is 2.70. The quantitative estimate of drug-likeness (QED) is 0.209. The SMILES string of the molecule is CC(C)Cn1c2[n+]3c4c(cccc41)Oc1cc4c(c(c1-3)C21c2ccccc2-c2cccc[n+]21)C(C)(C)CCC4(C)C. The number of ether oxygens (including phenoxy) is 1. The van der Waals surface area contributed by atoms with Crippen LogP contribution in [0.4, 0.5) is 0 Å². The monoisotopic (exact) mass is 539 g/mol. The third-order valence-electron chi connectivity index (χ3n) is 10.5. The predicted octanol–water partition coefficient (Wildman–Crippen LogP) is 7.45. The van der Waals surface area contributed by atoms with Crippen molar-refractivity contribution in [2.75, 3.05) is 0 Å². The number of benzene rings is 3. The van der Waals surface area contributed by atoms with Gasteiger partial charge in [-0.05, 0) is 71.0 Å². The van der Waals surface area contributed by atoms with Crippen LogP contribution >= 0.6 is 0 Å². The van der Waals surface area contributed by atoms with E-state index in [4.69, 9.17) is 4.74 Å². The van der Waals surface area contributed by atoms with Crippen molar-refractivity contribution in [3.05, 3.63) is 101 Å². The highest BCUT2D eigenvalue weighted by Crippen LogP contribution is 2.60. The molecule has 3 aromatic carbocycles. The van der Waals surface area contributed by atoms with Crippen LogP contribution in [0.5, 0.6) is 11.5 Å². The summed E-state index contributed by atoms with van der Waals surface area (Å²) in [6.07, 6.45) is 4.65. The number of para-hydroxylation sites is 1. The van der Waals surface area contributed by atoms with Gasteiger partial charge in [0.1, 0.15) is 0 Å². The van der Waals surface area contributed by atoms with Crippen LogP contribution in [0.3, 0.4) is 0 Å². The Hall–Kier alpha value is -3.92. The van der Waals surface area contributed by atoms with Gasteiger partial charge in [-0.25, -0.2) is 4.57 Å². The Labute approximate surface area is 241 Å². The molecule has 4 nitrogen and oxygen atoms in total. The van der Waals surface area contributed by atoms with Crippen molar-refractivity contribution >= 4 is 11.0 Å². The molecular formula is C37H37N3O+2. The summed E-state index contributed by atoms with van der Waals surface area (Å²) in [4.78, 5) is 0. The lowest BCUT2D eigenvalue weighted by atomic mass is 9.60. The van der Waals surface area contributed by atoms with E-state index >= 15 is 0 Å². The summed E-state index contributed by atoms with van der Waals surface area (Å²) >= 11 is 0. The van der Waals surface area contributed by atoms with Gasteiger partial charge in [0.25, 0.3) is 0 Å². The van der Waals surface area contributed by atoms with Crippen LogP contribution in [-0.4, -0.2) is 4.57 Å². The molecule has 1 spiro atoms. The minimum atomic E-state index is -0.508. The van der Waals surface area contributed by atoms with Crippen molar-refractivity contribution in [3.63, 3.8) is 0 Å². The Balaban J connectivity index is 1.60. The van der Waals surface area contributed by atoms with Crippen LogP contribution in [-0.2, 0) is 22.9 Å². The van der Waals surface area contributed by atoms with E-state index in [1.807, 2.05) is 0 Å². The molecule has 4 aliphatic rings. The molecule has 1 aliphatic carbocycles. The Morgan fingerprint density at radius 1 is 0.829 bits per heavy atom. The molecule has 1 atom stereocenters. The molecule has 0 saturated carbocycles. The van der Waals surface area contributed by atoms with E-state index in [1.165, 1.54) is 62.5 Å². The second kappa shape index (κ2) is 7.28. The molecule has 5 aromatic rings. The average molecular weight is 540 g/mol. The summed E-state index contributed by atoms with van der Waals surface area (Å²) in [5, 5.41) is 0. The number of pyridine rings is 1.